The molecular formula is C67H80N4O15S4. The quantitative estimate of drug-likeness (QED) is 0.0268. The molecule has 4 aliphatic heterocycles. The number of ketones is 2. The highest BCUT2D eigenvalue weighted by Gasteiger charge is 2.48. The third-order valence-electron chi connectivity index (χ3n) is 17.4. The highest BCUT2D eigenvalue weighted by atomic mass is 33.1. The second-order valence-electron chi connectivity index (χ2n) is 24.5. The minimum atomic E-state index is -4.14. The topological polar surface area (TPSA) is 247 Å². The number of Topliss-reactive ketones (excluding diaryl/α,β-unsaturated/α-hetero) is 2. The van der Waals surface area contributed by atoms with E-state index >= 15 is 0 Å². The van der Waals surface area contributed by atoms with Gasteiger partial charge in [-0.15, -0.1) is 0 Å². The highest BCUT2D eigenvalue weighted by Crippen LogP contribution is 2.44. The molecule has 0 fully saturated rings. The molecule has 0 aliphatic carbocycles. The molecule has 482 valence electrons. The van der Waals surface area contributed by atoms with Crippen LogP contribution in [0.2, 0.25) is 0 Å². The molecule has 2 unspecified atom stereocenters. The Bertz CT molecular complexity index is 3820. The number of aryl methyl sites for hydroxylation is 2. The Morgan fingerprint density at radius 2 is 1.34 bits per heavy atom. The number of rotatable bonds is 28. The van der Waals surface area contributed by atoms with Crippen molar-refractivity contribution in [1.82, 2.24) is 5.32 Å². The smallest absolute Gasteiger partial charge is 0.277 e. The number of carbonyl (C=O) groups is 6. The first-order valence-electron chi connectivity index (χ1n) is 30.4. The van der Waals surface area contributed by atoms with Crippen LogP contribution < -0.4 is 34.6 Å². The van der Waals surface area contributed by atoms with E-state index in [1.807, 2.05) is 94.1 Å². The summed E-state index contributed by atoms with van der Waals surface area (Å²) < 4.78 is 80.4. The minimum absolute atomic E-state index is 0.0109. The van der Waals surface area contributed by atoms with Gasteiger partial charge in [0.05, 0.1) is 33.4 Å². The SMILES string of the molecule is CCC(=O)C(CCSSC(C)(C)CCC(=O)N[C@H](C(=O)C[C@@H](C)C(=O)Nc1cc(COc2cc3c(cc2C)C(=O)N2c4ccccc4C[C@H]2C(S(=O)(=O)OC)C3)cc(COc2cc3c(cc2OC)C(=O)N2c4ccccc4C[C@H]2CC3)c1)C(C)C)S(=O)(=O)OC. The lowest BCUT2D eigenvalue weighted by atomic mass is 9.92. The molecule has 0 aromatic heterocycles. The summed E-state index contributed by atoms with van der Waals surface area (Å²) in [6, 6.07) is 26.2. The van der Waals surface area contributed by atoms with E-state index in [1.165, 1.54) is 28.7 Å². The van der Waals surface area contributed by atoms with Gasteiger partial charge in [-0.25, -0.2) is 0 Å². The molecular weight excluding hydrogens is 1230 g/mol. The average molecular weight is 1310 g/mol. The third-order valence-corrected chi connectivity index (χ3v) is 24.1. The van der Waals surface area contributed by atoms with Crippen molar-refractivity contribution in [2.45, 2.75) is 159 Å². The summed E-state index contributed by atoms with van der Waals surface area (Å²) in [5.41, 5.74) is 8.03. The first-order chi connectivity index (χ1) is 42.8. The van der Waals surface area contributed by atoms with Crippen LogP contribution in [0.4, 0.5) is 17.1 Å². The second-order valence-corrected chi connectivity index (χ2v) is 31.4. The number of amides is 4. The van der Waals surface area contributed by atoms with Gasteiger partial charge >= 0.3 is 0 Å². The normalized spacial score (nSPS) is 18.0. The van der Waals surface area contributed by atoms with Crippen molar-refractivity contribution >= 4 is 94.1 Å². The van der Waals surface area contributed by atoms with E-state index in [0.717, 1.165) is 49.4 Å². The lowest BCUT2D eigenvalue weighted by Crippen LogP contribution is -2.47. The Kier molecular flexibility index (Phi) is 21.3. The number of para-hydroxylation sites is 2. The van der Waals surface area contributed by atoms with Crippen molar-refractivity contribution in [1.29, 1.82) is 0 Å². The van der Waals surface area contributed by atoms with E-state index in [9.17, 15) is 45.6 Å². The summed E-state index contributed by atoms with van der Waals surface area (Å²) in [5, 5.41) is 3.59. The molecule has 5 aromatic carbocycles. The highest BCUT2D eigenvalue weighted by molar-refractivity contribution is 8.77. The lowest BCUT2D eigenvalue weighted by Gasteiger charge is -2.28. The summed E-state index contributed by atoms with van der Waals surface area (Å²) in [7, 11) is -1.59. The van der Waals surface area contributed by atoms with Gasteiger partial charge in [0.25, 0.3) is 32.1 Å². The summed E-state index contributed by atoms with van der Waals surface area (Å²) in [6.07, 6.45) is 2.99. The number of nitrogens with zero attached hydrogens (tertiary/aromatic N) is 2. The Morgan fingerprint density at radius 3 is 1.99 bits per heavy atom. The van der Waals surface area contributed by atoms with Crippen LogP contribution in [0.3, 0.4) is 0 Å². The molecule has 19 nitrogen and oxygen atoms in total. The number of methoxy groups -OCH3 is 1. The molecule has 4 amide bonds. The predicted molar refractivity (Wildman–Crippen MR) is 350 cm³/mol. The van der Waals surface area contributed by atoms with Crippen LogP contribution in [0.15, 0.2) is 91.0 Å². The summed E-state index contributed by atoms with van der Waals surface area (Å²) in [5.74, 6) is -1.54. The Labute approximate surface area is 536 Å². The van der Waals surface area contributed by atoms with E-state index in [0.29, 0.717) is 87.0 Å². The van der Waals surface area contributed by atoms with Crippen molar-refractivity contribution in [2.75, 3.05) is 42.2 Å². The zero-order valence-corrected chi connectivity index (χ0v) is 55.8. The zero-order chi connectivity index (χ0) is 65.0. The number of hydrogen-bond acceptors (Lipinski definition) is 17. The van der Waals surface area contributed by atoms with E-state index < -0.39 is 65.2 Å². The molecule has 6 atom stereocenters. The largest absolute Gasteiger partial charge is 0.493 e. The first-order valence-corrected chi connectivity index (χ1v) is 35.6. The van der Waals surface area contributed by atoms with Gasteiger partial charge in [0.1, 0.15) is 29.5 Å². The molecule has 0 saturated carbocycles. The molecule has 23 heteroatoms. The number of fused-ring (bicyclic) bond motifs is 8. The van der Waals surface area contributed by atoms with Gasteiger partial charge in [0.2, 0.25) is 11.8 Å². The van der Waals surface area contributed by atoms with Crippen molar-refractivity contribution in [2.24, 2.45) is 11.8 Å². The lowest BCUT2D eigenvalue weighted by molar-refractivity contribution is -0.131. The molecule has 5 aromatic rings. The van der Waals surface area contributed by atoms with E-state index in [2.05, 4.69) is 20.9 Å². The van der Waals surface area contributed by atoms with Gasteiger partial charge in [-0.1, -0.05) is 85.7 Å². The van der Waals surface area contributed by atoms with Crippen molar-refractivity contribution in [3.05, 3.63) is 141 Å². The Hall–Kier alpha value is -6.76. The minimum Gasteiger partial charge on any atom is -0.493 e. The van der Waals surface area contributed by atoms with Crippen LogP contribution in [-0.2, 0) is 86.7 Å². The summed E-state index contributed by atoms with van der Waals surface area (Å²) >= 11 is 0. The van der Waals surface area contributed by atoms with Gasteiger partial charge in [0, 0.05) is 69.9 Å². The zero-order valence-electron chi connectivity index (χ0n) is 52.5. The molecule has 0 spiro atoms. The molecule has 9 rings (SSSR count). The first kappa shape index (κ1) is 67.6. The fraction of sp³-hybridized carbons (Fsp3) is 0.463. The number of benzene rings is 5. The predicted octanol–water partition coefficient (Wildman–Crippen LogP) is 10.5. The monoisotopic (exact) mass is 1310 g/mol. The summed E-state index contributed by atoms with van der Waals surface area (Å²) in [6.45, 7) is 12.6. The number of anilines is 3. The third kappa shape index (κ3) is 15.1. The maximum absolute atomic E-state index is 14.5. The van der Waals surface area contributed by atoms with Gasteiger partial charge < -0.3 is 34.6 Å². The van der Waals surface area contributed by atoms with Crippen LogP contribution in [-0.4, -0.2) is 112 Å². The molecule has 4 aliphatic rings. The average Bonchev–Trinajstić information content (AvgIpc) is 3.59. The van der Waals surface area contributed by atoms with Crippen LogP contribution in [0, 0.1) is 18.8 Å². The van der Waals surface area contributed by atoms with Gasteiger partial charge in [-0.05, 0) is 165 Å². The van der Waals surface area contributed by atoms with E-state index in [-0.39, 0.29) is 80.8 Å². The van der Waals surface area contributed by atoms with Gasteiger partial charge in [-0.2, -0.15) is 16.8 Å². The molecule has 90 heavy (non-hydrogen) atoms. The Balaban J connectivity index is 0.911. The molecule has 4 heterocycles. The van der Waals surface area contributed by atoms with Gasteiger partial charge in [-0.3, -0.25) is 37.1 Å². The van der Waals surface area contributed by atoms with Crippen LogP contribution in [0.1, 0.15) is 140 Å². The van der Waals surface area contributed by atoms with E-state index in [1.54, 1.807) is 49.1 Å². The Morgan fingerprint density at radius 1 is 0.722 bits per heavy atom. The molecule has 0 saturated heterocycles. The van der Waals surface area contributed by atoms with Crippen LogP contribution in [0.5, 0.6) is 17.2 Å². The number of nitrogens with one attached hydrogen (secondary N) is 2. The fourth-order valence-electron chi connectivity index (χ4n) is 12.4. The summed E-state index contributed by atoms with van der Waals surface area (Å²) in [4.78, 5) is 86.4. The van der Waals surface area contributed by atoms with Gasteiger partial charge in [0.15, 0.2) is 23.1 Å². The van der Waals surface area contributed by atoms with Crippen molar-refractivity contribution in [3.63, 3.8) is 0 Å². The molecule has 2 N–H and O–H groups in total. The van der Waals surface area contributed by atoms with Crippen molar-refractivity contribution in [3.8, 4) is 17.2 Å². The maximum atomic E-state index is 14.5. The fourth-order valence-corrected chi connectivity index (χ4v) is 17.6. The van der Waals surface area contributed by atoms with E-state index in [4.69, 9.17) is 18.4 Å². The number of hydrogen-bond donors (Lipinski definition) is 2. The number of ether oxygens (including phenoxy) is 3. The van der Waals surface area contributed by atoms with Crippen LogP contribution in [0.25, 0.3) is 0 Å². The number of carbonyl (C=O) groups excluding carboxylic acids is 6. The second kappa shape index (κ2) is 28.4. The van der Waals surface area contributed by atoms with Crippen molar-refractivity contribution < 1.29 is 68.2 Å². The maximum Gasteiger partial charge on any atom is 0.277 e. The van der Waals surface area contributed by atoms with Crippen LogP contribution >= 0.6 is 21.6 Å². The molecule has 0 bridgehead atoms. The molecule has 0 radical (unpaired) electrons. The standard InChI is InChI=1S/C67H80N4O15S4/c1-11-55(72)60(89(78,79)83-9)23-25-87-88-67(6,7)24-22-62(74)69-63(39(2)3)56(73)27-41(5)64(75)68-48-29-42(28-43(30-48)38-86-59-33-44-20-21-49-31-45-16-12-14-18-52(45)70(49)65(76)51(44)36-58(59)82-8)37-85-57-34-47-35-61(90(80,81)84-10)54-32-46-17-13-15-19-53(46)71(54)66(77)50(47)26-40(57)4/h12-19,26,28-30,33-34,36,39,41,49,54,60-61,63H,11,20-25,27,31-32,35,37-38H2,1-10H3,(H,68,75)(H,69,74)/t41-,49-,54+,60?,61?,63+/m1/s1.